The zero-order valence-electron chi connectivity index (χ0n) is 9.26. The van der Waals surface area contributed by atoms with Gasteiger partial charge in [0.1, 0.15) is 5.82 Å². The first-order valence-corrected chi connectivity index (χ1v) is 6.04. The molecule has 0 aromatic carbocycles. The molecule has 3 N–H and O–H groups in total. The average molecular weight is 272 g/mol. The van der Waals surface area contributed by atoms with E-state index in [9.17, 15) is 0 Å². The zero-order valence-corrected chi connectivity index (χ0v) is 10.8. The van der Waals surface area contributed by atoms with Gasteiger partial charge in [0.25, 0.3) is 0 Å². The van der Waals surface area contributed by atoms with Crippen molar-refractivity contribution in [1.82, 2.24) is 4.98 Å². The number of hydrogen-bond acceptors (Lipinski definition) is 3. The van der Waals surface area contributed by atoms with E-state index in [-0.39, 0.29) is 6.04 Å². The van der Waals surface area contributed by atoms with E-state index in [2.05, 4.69) is 33.2 Å². The number of halogens is 1. The van der Waals surface area contributed by atoms with E-state index in [1.807, 2.05) is 19.2 Å². The lowest BCUT2D eigenvalue weighted by atomic mass is 10.2. The van der Waals surface area contributed by atoms with E-state index in [0.29, 0.717) is 0 Å². The predicted molar refractivity (Wildman–Crippen MR) is 68.0 cm³/mol. The lowest BCUT2D eigenvalue weighted by Crippen LogP contribution is -2.29. The molecule has 1 rings (SSSR count). The third-order valence-electron chi connectivity index (χ3n) is 2.17. The Morgan fingerprint density at radius 3 is 2.93 bits per heavy atom. The van der Waals surface area contributed by atoms with E-state index in [1.165, 1.54) is 0 Å². The van der Waals surface area contributed by atoms with Crippen molar-refractivity contribution in [2.24, 2.45) is 5.73 Å². The van der Waals surface area contributed by atoms with Gasteiger partial charge in [-0.25, -0.2) is 4.98 Å². The van der Waals surface area contributed by atoms with Crippen LogP contribution in [0.2, 0.25) is 0 Å². The summed E-state index contributed by atoms with van der Waals surface area (Å²) in [7, 11) is 0. The number of nitrogens with one attached hydrogen (secondary N) is 1. The van der Waals surface area contributed by atoms with E-state index in [1.54, 1.807) is 0 Å². The third-order valence-corrected chi connectivity index (χ3v) is 2.77. The Morgan fingerprint density at radius 2 is 2.33 bits per heavy atom. The third kappa shape index (κ3) is 4.18. The molecule has 0 aliphatic carbocycles. The monoisotopic (exact) mass is 271 g/mol. The van der Waals surface area contributed by atoms with Gasteiger partial charge in [0.05, 0.1) is 4.47 Å². The Balaban J connectivity index is 2.50. The fourth-order valence-electron chi connectivity index (χ4n) is 1.36. The van der Waals surface area contributed by atoms with Gasteiger partial charge >= 0.3 is 0 Å². The molecule has 1 heterocycles. The first-order valence-electron chi connectivity index (χ1n) is 5.25. The van der Waals surface area contributed by atoms with Crippen LogP contribution in [-0.4, -0.2) is 17.6 Å². The maximum Gasteiger partial charge on any atom is 0.140 e. The fraction of sp³-hybridized carbons (Fsp3) is 0.545. The Kier molecular flexibility index (Phi) is 5.05. The van der Waals surface area contributed by atoms with Crippen molar-refractivity contribution in [3.05, 3.63) is 22.3 Å². The van der Waals surface area contributed by atoms with Crippen LogP contribution in [0.3, 0.4) is 0 Å². The maximum atomic E-state index is 5.91. The van der Waals surface area contributed by atoms with E-state index < -0.39 is 0 Å². The smallest absolute Gasteiger partial charge is 0.140 e. The Bertz CT molecular complexity index is 315. The number of aryl methyl sites for hydroxylation is 1. The van der Waals surface area contributed by atoms with Crippen LogP contribution < -0.4 is 11.1 Å². The number of pyridine rings is 1. The number of nitrogens with zero attached hydrogens (tertiary/aromatic N) is 1. The van der Waals surface area contributed by atoms with Crippen LogP contribution in [0, 0.1) is 6.92 Å². The predicted octanol–water partition coefficient (Wildman–Crippen LogP) is 2.69. The molecule has 0 saturated carbocycles. The molecule has 0 saturated heterocycles. The van der Waals surface area contributed by atoms with Crippen molar-refractivity contribution in [2.45, 2.75) is 32.7 Å². The van der Waals surface area contributed by atoms with E-state index in [0.717, 1.165) is 35.2 Å². The van der Waals surface area contributed by atoms with Crippen molar-refractivity contribution in [1.29, 1.82) is 0 Å². The molecular formula is C11H18BrN3. The van der Waals surface area contributed by atoms with E-state index >= 15 is 0 Å². The first kappa shape index (κ1) is 12.5. The van der Waals surface area contributed by atoms with Crippen LogP contribution >= 0.6 is 15.9 Å². The molecule has 0 radical (unpaired) electrons. The molecule has 1 aromatic rings. The van der Waals surface area contributed by atoms with Gasteiger partial charge in [-0.15, -0.1) is 0 Å². The Morgan fingerprint density at radius 1 is 1.60 bits per heavy atom. The highest BCUT2D eigenvalue weighted by molar-refractivity contribution is 9.10. The van der Waals surface area contributed by atoms with Crippen LogP contribution in [0.25, 0.3) is 0 Å². The summed E-state index contributed by atoms with van der Waals surface area (Å²) in [5.41, 5.74) is 7.05. The molecule has 3 nitrogen and oxygen atoms in total. The van der Waals surface area contributed by atoms with Gasteiger partial charge in [-0.3, -0.25) is 0 Å². The van der Waals surface area contributed by atoms with Gasteiger partial charge in [-0.1, -0.05) is 13.3 Å². The van der Waals surface area contributed by atoms with Crippen LogP contribution in [0.5, 0.6) is 0 Å². The van der Waals surface area contributed by atoms with Gasteiger partial charge in [0, 0.05) is 18.8 Å². The molecule has 0 bridgehead atoms. The quantitative estimate of drug-likeness (QED) is 0.866. The molecule has 1 unspecified atom stereocenters. The lowest BCUT2D eigenvalue weighted by Gasteiger charge is -2.13. The highest BCUT2D eigenvalue weighted by Gasteiger charge is 2.04. The van der Waals surface area contributed by atoms with Crippen molar-refractivity contribution in [2.75, 3.05) is 11.9 Å². The van der Waals surface area contributed by atoms with Crippen LogP contribution in [0.4, 0.5) is 5.82 Å². The highest BCUT2D eigenvalue weighted by Crippen LogP contribution is 2.20. The second-order valence-electron chi connectivity index (χ2n) is 3.77. The second kappa shape index (κ2) is 6.08. The molecule has 4 heteroatoms. The second-order valence-corrected chi connectivity index (χ2v) is 4.63. The summed E-state index contributed by atoms with van der Waals surface area (Å²) in [5, 5.41) is 3.24. The SMILES string of the molecule is CCCC(N)CNc1ncc(C)cc1Br. The van der Waals surface area contributed by atoms with Gasteiger partial charge in [-0.05, 0) is 40.9 Å². The van der Waals surface area contributed by atoms with Crippen molar-refractivity contribution in [3.63, 3.8) is 0 Å². The summed E-state index contributed by atoms with van der Waals surface area (Å²) in [5.74, 6) is 0.868. The van der Waals surface area contributed by atoms with E-state index in [4.69, 9.17) is 5.73 Å². The van der Waals surface area contributed by atoms with Crippen LogP contribution in [-0.2, 0) is 0 Å². The summed E-state index contributed by atoms with van der Waals surface area (Å²) >= 11 is 3.47. The standard InChI is InChI=1S/C11H18BrN3/c1-3-4-9(13)7-15-11-10(12)5-8(2)6-14-11/h5-6,9H,3-4,7,13H2,1-2H3,(H,14,15). The van der Waals surface area contributed by atoms with Crippen LogP contribution in [0.15, 0.2) is 16.7 Å². The molecular weight excluding hydrogens is 254 g/mol. The minimum atomic E-state index is 0.199. The zero-order chi connectivity index (χ0) is 11.3. The minimum absolute atomic E-state index is 0.199. The van der Waals surface area contributed by atoms with Crippen molar-refractivity contribution in [3.8, 4) is 0 Å². The summed E-state index contributed by atoms with van der Waals surface area (Å²) in [6.45, 7) is 4.92. The maximum absolute atomic E-state index is 5.91. The lowest BCUT2D eigenvalue weighted by molar-refractivity contribution is 0.626. The minimum Gasteiger partial charge on any atom is -0.368 e. The number of aromatic nitrogens is 1. The molecule has 0 spiro atoms. The molecule has 1 aromatic heterocycles. The van der Waals surface area contributed by atoms with Crippen LogP contribution in [0.1, 0.15) is 25.3 Å². The van der Waals surface area contributed by atoms with Gasteiger partial charge < -0.3 is 11.1 Å². The molecule has 0 aliphatic heterocycles. The Labute approximate surface area is 99.6 Å². The molecule has 0 fully saturated rings. The Hall–Kier alpha value is -0.610. The average Bonchev–Trinajstić information content (AvgIpc) is 2.17. The molecule has 1 atom stereocenters. The first-order chi connectivity index (χ1) is 7.13. The fourth-order valence-corrected chi connectivity index (χ4v) is 1.97. The number of hydrogen-bond donors (Lipinski definition) is 2. The summed E-state index contributed by atoms with van der Waals surface area (Å²) in [6, 6.07) is 2.24. The summed E-state index contributed by atoms with van der Waals surface area (Å²) in [4.78, 5) is 4.30. The summed E-state index contributed by atoms with van der Waals surface area (Å²) < 4.78 is 0.992. The molecule has 15 heavy (non-hydrogen) atoms. The molecule has 0 amide bonds. The number of rotatable bonds is 5. The van der Waals surface area contributed by atoms with Gasteiger partial charge in [-0.2, -0.15) is 0 Å². The topological polar surface area (TPSA) is 50.9 Å². The summed E-state index contributed by atoms with van der Waals surface area (Å²) in [6.07, 6.45) is 4.00. The number of anilines is 1. The van der Waals surface area contributed by atoms with Gasteiger partial charge in [0.2, 0.25) is 0 Å². The normalized spacial score (nSPS) is 12.5. The number of nitrogens with two attached hydrogens (primary N) is 1. The molecule has 0 aliphatic rings. The van der Waals surface area contributed by atoms with Crippen molar-refractivity contribution < 1.29 is 0 Å². The highest BCUT2D eigenvalue weighted by atomic mass is 79.9. The van der Waals surface area contributed by atoms with Crippen molar-refractivity contribution >= 4 is 21.7 Å². The molecule has 84 valence electrons. The largest absolute Gasteiger partial charge is 0.368 e. The van der Waals surface area contributed by atoms with Gasteiger partial charge in [0.15, 0.2) is 0 Å².